The zero-order valence-corrected chi connectivity index (χ0v) is 9.28. The molecule has 0 spiro atoms. The van der Waals surface area contributed by atoms with Crippen LogP contribution in [0.3, 0.4) is 0 Å². The maximum atomic E-state index is 13.3. The number of halogens is 1. The van der Waals surface area contributed by atoms with Crippen molar-refractivity contribution in [1.82, 2.24) is 4.98 Å². The monoisotopic (exact) mass is 235 g/mol. The van der Waals surface area contributed by atoms with Gasteiger partial charge in [0.1, 0.15) is 5.82 Å². The molecule has 2 rings (SSSR count). The van der Waals surface area contributed by atoms with E-state index in [1.54, 1.807) is 42.7 Å². The van der Waals surface area contributed by atoms with Crippen LogP contribution >= 0.6 is 0 Å². The summed E-state index contributed by atoms with van der Waals surface area (Å²) in [5.74, 6) is -0.112. The Balaban J connectivity index is 2.19. The van der Waals surface area contributed by atoms with Gasteiger partial charge in [0.2, 0.25) is 0 Å². The highest BCUT2D eigenvalue weighted by atomic mass is 32.2. The Kier molecular flexibility index (Phi) is 3.41. The fourth-order valence-electron chi connectivity index (χ4n) is 1.34. The third kappa shape index (κ3) is 2.52. The number of rotatable bonds is 3. The van der Waals surface area contributed by atoms with Crippen LogP contribution in [0.2, 0.25) is 0 Å². The van der Waals surface area contributed by atoms with Gasteiger partial charge in [0, 0.05) is 12.4 Å². The van der Waals surface area contributed by atoms with E-state index in [9.17, 15) is 8.60 Å². The molecule has 0 aliphatic heterocycles. The van der Waals surface area contributed by atoms with E-state index in [4.69, 9.17) is 0 Å². The first-order valence-electron chi connectivity index (χ1n) is 4.79. The zero-order valence-electron chi connectivity index (χ0n) is 8.47. The van der Waals surface area contributed by atoms with Crippen LogP contribution in [-0.4, -0.2) is 9.19 Å². The summed E-state index contributed by atoms with van der Waals surface area (Å²) in [4.78, 5) is 4.12. The summed E-state index contributed by atoms with van der Waals surface area (Å²) in [6.45, 7) is 0. The summed E-state index contributed by atoms with van der Waals surface area (Å²) >= 11 is 0. The highest BCUT2D eigenvalue weighted by molar-refractivity contribution is 7.84. The van der Waals surface area contributed by atoms with Gasteiger partial charge in [-0.2, -0.15) is 0 Å². The zero-order chi connectivity index (χ0) is 11.4. The quantitative estimate of drug-likeness (QED) is 0.818. The van der Waals surface area contributed by atoms with Gasteiger partial charge < -0.3 is 0 Å². The summed E-state index contributed by atoms with van der Waals surface area (Å²) < 4.78 is 25.2. The van der Waals surface area contributed by atoms with Crippen LogP contribution in [0.4, 0.5) is 4.39 Å². The Morgan fingerprint density at radius 1 is 1.12 bits per heavy atom. The average molecular weight is 235 g/mol. The summed E-state index contributed by atoms with van der Waals surface area (Å²) in [5, 5.41) is 0. The lowest BCUT2D eigenvalue weighted by molar-refractivity contribution is 0.595. The van der Waals surface area contributed by atoms with Gasteiger partial charge in [-0.3, -0.25) is 9.19 Å². The third-order valence-corrected chi connectivity index (χ3v) is 3.55. The molecule has 0 N–H and O–H groups in total. The molecule has 0 fully saturated rings. The van der Waals surface area contributed by atoms with Gasteiger partial charge in [0.15, 0.2) is 0 Å². The molecule has 82 valence electrons. The van der Waals surface area contributed by atoms with Gasteiger partial charge in [-0.1, -0.05) is 12.1 Å². The first-order chi connectivity index (χ1) is 7.77. The van der Waals surface area contributed by atoms with Gasteiger partial charge >= 0.3 is 0 Å². The second kappa shape index (κ2) is 4.99. The van der Waals surface area contributed by atoms with E-state index in [0.717, 1.165) is 5.56 Å². The van der Waals surface area contributed by atoms with E-state index in [0.29, 0.717) is 5.75 Å². The number of nitrogens with zero attached hydrogens (tertiary/aromatic N) is 1. The van der Waals surface area contributed by atoms with Crippen LogP contribution in [0.1, 0.15) is 5.56 Å². The number of benzene rings is 1. The van der Waals surface area contributed by atoms with Crippen molar-refractivity contribution in [3.8, 4) is 0 Å². The maximum Gasteiger partial charge on any atom is 0.139 e. The highest BCUT2D eigenvalue weighted by Gasteiger charge is 2.09. The third-order valence-electron chi connectivity index (χ3n) is 2.13. The lowest BCUT2D eigenvalue weighted by Crippen LogP contribution is -1.99. The van der Waals surface area contributed by atoms with Crippen LogP contribution in [0.15, 0.2) is 53.7 Å². The van der Waals surface area contributed by atoms with E-state index >= 15 is 0 Å². The fourth-order valence-corrected chi connectivity index (χ4v) is 2.50. The Bertz CT molecular complexity index is 501. The minimum Gasteiger partial charge on any atom is -0.265 e. The number of pyridine rings is 1. The lowest BCUT2D eigenvalue weighted by Gasteiger charge is -2.03. The molecule has 1 unspecified atom stereocenters. The molecule has 2 nitrogen and oxygen atoms in total. The van der Waals surface area contributed by atoms with Crippen molar-refractivity contribution >= 4 is 10.8 Å². The van der Waals surface area contributed by atoms with Crippen molar-refractivity contribution in [2.45, 2.75) is 10.6 Å². The van der Waals surface area contributed by atoms with Crippen LogP contribution in [0, 0.1) is 5.82 Å². The van der Waals surface area contributed by atoms with Crippen LogP contribution in [-0.2, 0) is 16.6 Å². The van der Waals surface area contributed by atoms with E-state index < -0.39 is 16.6 Å². The van der Waals surface area contributed by atoms with E-state index in [2.05, 4.69) is 4.98 Å². The molecule has 0 radical (unpaired) electrons. The Morgan fingerprint density at radius 3 is 2.50 bits per heavy atom. The van der Waals surface area contributed by atoms with Gasteiger partial charge in [-0.05, 0) is 29.8 Å². The van der Waals surface area contributed by atoms with Crippen LogP contribution in [0.25, 0.3) is 0 Å². The highest BCUT2D eigenvalue weighted by Crippen LogP contribution is 2.15. The van der Waals surface area contributed by atoms with Gasteiger partial charge in [0.25, 0.3) is 0 Å². The standard InChI is InChI=1S/C12H10FNOS/c13-11-3-1-2-4-12(11)16(15)9-10-5-7-14-8-6-10/h1-8H,9H2. The molecule has 0 aliphatic carbocycles. The molecule has 1 heterocycles. The smallest absolute Gasteiger partial charge is 0.139 e. The molecular weight excluding hydrogens is 225 g/mol. The maximum absolute atomic E-state index is 13.3. The van der Waals surface area contributed by atoms with Crippen LogP contribution < -0.4 is 0 Å². The minimum atomic E-state index is -1.35. The number of hydrogen-bond acceptors (Lipinski definition) is 2. The van der Waals surface area contributed by atoms with Crippen molar-refractivity contribution in [2.24, 2.45) is 0 Å². The molecule has 0 amide bonds. The molecule has 2 aromatic rings. The lowest BCUT2D eigenvalue weighted by atomic mass is 10.3. The van der Waals surface area contributed by atoms with Crippen molar-refractivity contribution in [2.75, 3.05) is 0 Å². The number of hydrogen-bond donors (Lipinski definition) is 0. The summed E-state index contributed by atoms with van der Waals surface area (Å²) in [6, 6.07) is 9.69. The predicted octanol–water partition coefficient (Wildman–Crippen LogP) is 2.53. The summed E-state index contributed by atoms with van der Waals surface area (Å²) in [5.41, 5.74) is 0.886. The normalized spacial score (nSPS) is 12.3. The van der Waals surface area contributed by atoms with Gasteiger partial charge in [-0.25, -0.2) is 4.39 Å². The largest absolute Gasteiger partial charge is 0.265 e. The van der Waals surface area contributed by atoms with E-state index in [1.165, 1.54) is 6.07 Å². The molecule has 16 heavy (non-hydrogen) atoms. The Morgan fingerprint density at radius 2 is 1.81 bits per heavy atom. The van der Waals surface area contributed by atoms with Crippen molar-refractivity contribution in [3.05, 3.63) is 60.2 Å². The summed E-state index contributed by atoms with van der Waals surface area (Å²) in [7, 11) is -1.35. The van der Waals surface area contributed by atoms with E-state index in [1.807, 2.05) is 0 Å². The molecule has 1 aromatic heterocycles. The van der Waals surface area contributed by atoms with E-state index in [-0.39, 0.29) is 4.90 Å². The van der Waals surface area contributed by atoms with Crippen molar-refractivity contribution in [1.29, 1.82) is 0 Å². The summed E-state index contributed by atoms with van der Waals surface area (Å²) in [6.07, 6.45) is 3.27. The van der Waals surface area contributed by atoms with Gasteiger partial charge in [-0.15, -0.1) is 0 Å². The molecule has 4 heteroatoms. The number of aromatic nitrogens is 1. The van der Waals surface area contributed by atoms with Gasteiger partial charge in [0.05, 0.1) is 21.4 Å². The second-order valence-corrected chi connectivity index (χ2v) is 4.70. The Hall–Kier alpha value is -1.55. The topological polar surface area (TPSA) is 30.0 Å². The predicted molar refractivity (Wildman–Crippen MR) is 60.7 cm³/mol. The second-order valence-electron chi connectivity index (χ2n) is 3.28. The molecular formula is C12H10FNOS. The SMILES string of the molecule is O=S(Cc1ccncc1)c1ccccc1F. The molecule has 0 saturated carbocycles. The first-order valence-corrected chi connectivity index (χ1v) is 6.11. The molecule has 0 aliphatic rings. The van der Waals surface area contributed by atoms with Crippen LogP contribution in [0.5, 0.6) is 0 Å². The fraction of sp³-hybridized carbons (Fsp3) is 0.0833. The molecule has 1 aromatic carbocycles. The first kappa shape index (κ1) is 11.0. The van der Waals surface area contributed by atoms with Crippen molar-refractivity contribution in [3.63, 3.8) is 0 Å². The van der Waals surface area contributed by atoms with Crippen molar-refractivity contribution < 1.29 is 8.60 Å². The molecule has 1 atom stereocenters. The average Bonchev–Trinajstić information content (AvgIpc) is 2.31. The Labute approximate surface area is 95.6 Å². The molecule has 0 saturated heterocycles. The molecule has 0 bridgehead atoms. The minimum absolute atomic E-state index is 0.249.